The summed E-state index contributed by atoms with van der Waals surface area (Å²) in [7, 11) is 0. The van der Waals surface area contributed by atoms with Gasteiger partial charge in [0, 0.05) is 56.9 Å². The van der Waals surface area contributed by atoms with Gasteiger partial charge in [-0.3, -0.25) is 9.69 Å². The second kappa shape index (κ2) is 13.3. The number of nitrogens with zero attached hydrogens (tertiary/aromatic N) is 4. The number of para-hydroxylation sites is 1. The molecular weight excluding hydrogens is 591 g/mol. The van der Waals surface area contributed by atoms with E-state index in [4.69, 9.17) is 27.9 Å². The van der Waals surface area contributed by atoms with Crippen LogP contribution in [0.3, 0.4) is 0 Å². The summed E-state index contributed by atoms with van der Waals surface area (Å²) < 4.78 is 5.97. The van der Waals surface area contributed by atoms with Crippen LogP contribution in [0.4, 0.5) is 15.3 Å². The van der Waals surface area contributed by atoms with Crippen molar-refractivity contribution in [2.45, 2.75) is 56.8 Å². The number of rotatable bonds is 6. The van der Waals surface area contributed by atoms with Crippen molar-refractivity contribution in [2.24, 2.45) is 0 Å². The molecule has 2 aromatic carbocycles. The van der Waals surface area contributed by atoms with Crippen molar-refractivity contribution in [3.8, 4) is 0 Å². The largest absolute Gasteiger partial charge is 0.436 e. The Labute approximate surface area is 262 Å². The van der Waals surface area contributed by atoms with Gasteiger partial charge in [-0.25, -0.2) is 9.59 Å². The van der Waals surface area contributed by atoms with Crippen molar-refractivity contribution in [3.63, 3.8) is 0 Å². The lowest BCUT2D eigenvalue weighted by molar-refractivity contribution is -0.140. The number of benzene rings is 2. The summed E-state index contributed by atoms with van der Waals surface area (Å²) in [5.41, 5.74) is 2.69. The number of hydrogen-bond donors (Lipinski definition) is 2. The van der Waals surface area contributed by atoms with Gasteiger partial charge in [0.05, 0.1) is 16.7 Å². The Morgan fingerprint density at radius 1 is 0.907 bits per heavy atom. The Morgan fingerprint density at radius 3 is 2.44 bits per heavy atom. The van der Waals surface area contributed by atoms with Gasteiger partial charge in [0.2, 0.25) is 0 Å². The quantitative estimate of drug-likeness (QED) is 0.492. The molecule has 1 unspecified atom stereocenters. The fraction of sp³-hybridized carbons (Fsp3) is 0.516. The SMILES string of the molecule is O=C(OC(Cc1ccc(Cl)c(Cl)c1)C(=O)N1CCN(C2CCNCC2)C1)N1CCC(N2Cc3ccccc3NC2=O)CC1. The van der Waals surface area contributed by atoms with Gasteiger partial charge in [-0.15, -0.1) is 0 Å². The van der Waals surface area contributed by atoms with Crippen LogP contribution in [0, 0.1) is 0 Å². The molecule has 0 spiro atoms. The molecule has 6 rings (SSSR count). The molecule has 0 bridgehead atoms. The maximum atomic E-state index is 13.8. The number of piperidine rings is 2. The highest BCUT2D eigenvalue weighted by Gasteiger charge is 2.37. The summed E-state index contributed by atoms with van der Waals surface area (Å²) >= 11 is 12.4. The number of hydrogen-bond acceptors (Lipinski definition) is 6. The zero-order valence-corrected chi connectivity index (χ0v) is 25.7. The lowest BCUT2D eigenvalue weighted by Gasteiger charge is -2.40. The minimum absolute atomic E-state index is 0.0108. The minimum atomic E-state index is -0.986. The van der Waals surface area contributed by atoms with E-state index in [0.717, 1.165) is 49.3 Å². The minimum Gasteiger partial charge on any atom is -0.436 e. The van der Waals surface area contributed by atoms with E-state index in [2.05, 4.69) is 15.5 Å². The Kier molecular flexibility index (Phi) is 9.28. The molecule has 0 radical (unpaired) electrons. The fourth-order valence-corrected chi connectivity index (χ4v) is 6.92. The molecule has 3 saturated heterocycles. The Morgan fingerprint density at radius 2 is 1.67 bits per heavy atom. The molecule has 3 fully saturated rings. The lowest BCUT2D eigenvalue weighted by Crippen LogP contribution is -2.52. The zero-order valence-electron chi connectivity index (χ0n) is 24.1. The molecule has 4 heterocycles. The number of urea groups is 1. The standard InChI is InChI=1S/C31H38Cl2N6O4/c32-25-6-5-21(17-26(25)33)18-28(29(40)38-16-15-37(20-38)23-7-11-34-12-8-23)43-31(42)36-13-9-24(10-14-36)39-19-22-3-1-2-4-27(22)35-30(39)41/h1-6,17,23-24,28,34H,7-16,18-20H2,(H,35,41). The van der Waals surface area contributed by atoms with Gasteiger partial charge in [0.1, 0.15) is 0 Å². The summed E-state index contributed by atoms with van der Waals surface area (Å²) in [4.78, 5) is 47.7. The van der Waals surface area contributed by atoms with E-state index in [0.29, 0.717) is 61.8 Å². The molecule has 10 nitrogen and oxygen atoms in total. The van der Waals surface area contributed by atoms with Gasteiger partial charge in [-0.2, -0.15) is 0 Å². The maximum absolute atomic E-state index is 13.8. The Hall–Kier alpha value is -3.05. The number of carbonyl (C=O) groups excluding carboxylic acids is 3. The number of ether oxygens (including phenoxy) is 1. The molecule has 43 heavy (non-hydrogen) atoms. The molecule has 2 N–H and O–H groups in total. The molecule has 12 heteroatoms. The van der Waals surface area contributed by atoms with E-state index >= 15 is 0 Å². The summed E-state index contributed by atoms with van der Waals surface area (Å²) in [6.45, 7) is 5.34. The highest BCUT2D eigenvalue weighted by Crippen LogP contribution is 2.29. The van der Waals surface area contributed by atoms with Crippen LogP contribution in [0.25, 0.3) is 0 Å². The highest BCUT2D eigenvalue weighted by molar-refractivity contribution is 6.42. The van der Waals surface area contributed by atoms with Gasteiger partial charge >= 0.3 is 12.1 Å². The summed E-state index contributed by atoms with van der Waals surface area (Å²) in [5.74, 6) is -0.200. The highest BCUT2D eigenvalue weighted by atomic mass is 35.5. The van der Waals surface area contributed by atoms with E-state index in [1.54, 1.807) is 28.0 Å². The van der Waals surface area contributed by atoms with E-state index in [-0.39, 0.29) is 24.4 Å². The number of amides is 4. The number of halogens is 2. The van der Waals surface area contributed by atoms with Crippen LogP contribution < -0.4 is 10.6 Å². The predicted molar refractivity (Wildman–Crippen MR) is 165 cm³/mol. The van der Waals surface area contributed by atoms with Crippen molar-refractivity contribution < 1.29 is 19.1 Å². The molecule has 1 atom stereocenters. The van der Waals surface area contributed by atoms with E-state index in [9.17, 15) is 14.4 Å². The summed E-state index contributed by atoms with van der Waals surface area (Å²) in [6, 6.07) is 13.4. The first-order chi connectivity index (χ1) is 20.9. The Bertz CT molecular complexity index is 1350. The van der Waals surface area contributed by atoms with Crippen molar-refractivity contribution in [3.05, 3.63) is 63.6 Å². The lowest BCUT2D eigenvalue weighted by atomic mass is 10.0. The van der Waals surface area contributed by atoms with Crippen LogP contribution >= 0.6 is 23.2 Å². The van der Waals surface area contributed by atoms with Gasteiger partial charge in [0.25, 0.3) is 5.91 Å². The second-order valence-corrected chi connectivity index (χ2v) is 12.6. The molecular formula is C31H38Cl2N6O4. The number of likely N-dealkylation sites (tertiary alicyclic amines) is 1. The third-order valence-electron chi connectivity index (χ3n) is 9.09. The molecule has 4 aliphatic rings. The zero-order chi connectivity index (χ0) is 29.9. The third kappa shape index (κ3) is 6.87. The molecule has 0 aliphatic carbocycles. The number of anilines is 1. The van der Waals surface area contributed by atoms with Crippen LogP contribution in [-0.2, 0) is 22.5 Å². The summed E-state index contributed by atoms with van der Waals surface area (Å²) in [5, 5.41) is 7.19. The molecule has 4 aliphatic heterocycles. The van der Waals surface area contributed by atoms with Crippen molar-refractivity contribution >= 4 is 46.9 Å². The molecule has 0 saturated carbocycles. The van der Waals surface area contributed by atoms with Gasteiger partial charge in [0.15, 0.2) is 6.10 Å². The average Bonchev–Trinajstić information content (AvgIpc) is 3.53. The number of fused-ring (bicyclic) bond motifs is 1. The first-order valence-electron chi connectivity index (χ1n) is 15.1. The monoisotopic (exact) mass is 628 g/mol. The predicted octanol–water partition coefficient (Wildman–Crippen LogP) is 4.41. The molecule has 230 valence electrons. The Balaban J connectivity index is 1.09. The van der Waals surface area contributed by atoms with E-state index in [1.165, 1.54) is 0 Å². The summed E-state index contributed by atoms with van der Waals surface area (Å²) in [6.07, 6.45) is 2.09. The van der Waals surface area contributed by atoms with Crippen LogP contribution in [0.5, 0.6) is 0 Å². The second-order valence-electron chi connectivity index (χ2n) is 11.8. The maximum Gasteiger partial charge on any atom is 0.410 e. The normalized spacial score (nSPS) is 21.0. The third-order valence-corrected chi connectivity index (χ3v) is 9.83. The van der Waals surface area contributed by atoms with Crippen LogP contribution in [-0.4, -0.2) is 102 Å². The average molecular weight is 630 g/mol. The van der Waals surface area contributed by atoms with E-state index in [1.807, 2.05) is 29.2 Å². The fourth-order valence-electron chi connectivity index (χ4n) is 6.60. The smallest absolute Gasteiger partial charge is 0.410 e. The van der Waals surface area contributed by atoms with Crippen molar-refractivity contribution in [1.82, 2.24) is 24.9 Å². The van der Waals surface area contributed by atoms with Crippen LogP contribution in [0.1, 0.15) is 36.8 Å². The van der Waals surface area contributed by atoms with E-state index < -0.39 is 12.2 Å². The van der Waals surface area contributed by atoms with Crippen molar-refractivity contribution in [1.29, 1.82) is 0 Å². The van der Waals surface area contributed by atoms with Gasteiger partial charge in [-0.1, -0.05) is 47.5 Å². The number of carbonyl (C=O) groups is 3. The first kappa shape index (κ1) is 30.0. The van der Waals surface area contributed by atoms with Crippen LogP contribution in [0.2, 0.25) is 10.0 Å². The first-order valence-corrected chi connectivity index (χ1v) is 15.9. The van der Waals surface area contributed by atoms with Crippen molar-refractivity contribution in [2.75, 3.05) is 51.3 Å². The number of nitrogens with one attached hydrogen (secondary N) is 2. The van der Waals surface area contributed by atoms with Crippen LogP contribution in [0.15, 0.2) is 42.5 Å². The molecule has 4 amide bonds. The molecule has 0 aromatic heterocycles. The topological polar surface area (TPSA) is 97.5 Å². The van der Waals surface area contributed by atoms with Gasteiger partial charge in [-0.05, 0) is 68.1 Å². The van der Waals surface area contributed by atoms with Gasteiger partial charge < -0.3 is 30.1 Å². The molecule has 2 aromatic rings.